The van der Waals surface area contributed by atoms with Gasteiger partial charge in [-0.15, -0.1) is 0 Å². The number of hydrogen-bond acceptors (Lipinski definition) is 4. The van der Waals surface area contributed by atoms with Crippen LogP contribution in [0, 0.1) is 0 Å². The highest BCUT2D eigenvalue weighted by Crippen LogP contribution is 2.28. The monoisotopic (exact) mass is 310 g/mol. The molecule has 0 radical (unpaired) electrons. The molecule has 18 heavy (non-hydrogen) atoms. The molecule has 0 saturated carbocycles. The smallest absolute Gasteiger partial charge is 0.198 e. The van der Waals surface area contributed by atoms with Crippen LogP contribution >= 0.6 is 15.9 Å². The molecule has 2 N–H and O–H groups in total. The first-order valence-corrected chi connectivity index (χ1v) is 6.98. The number of fused-ring (bicyclic) bond motifs is 1. The molecule has 0 aliphatic carbocycles. The highest BCUT2D eigenvalue weighted by Gasteiger charge is 2.18. The van der Waals surface area contributed by atoms with Crippen LogP contribution in [-0.2, 0) is 11.2 Å². The van der Waals surface area contributed by atoms with Crippen LogP contribution in [0.4, 0.5) is 5.69 Å². The number of nitrogens with zero attached hydrogens (tertiary/aromatic N) is 1. The Morgan fingerprint density at radius 2 is 2.28 bits per heavy atom. The summed E-state index contributed by atoms with van der Waals surface area (Å²) in [5.74, 6) is 0.710. The van der Waals surface area contributed by atoms with Gasteiger partial charge >= 0.3 is 0 Å². The van der Waals surface area contributed by atoms with E-state index in [2.05, 4.69) is 20.9 Å². The average Bonchev–Trinajstić information content (AvgIpc) is 2.73. The Kier molecular flexibility index (Phi) is 3.26. The molecule has 0 spiro atoms. The molecule has 1 aliphatic rings. The van der Waals surface area contributed by atoms with E-state index in [1.807, 2.05) is 12.1 Å². The zero-order chi connectivity index (χ0) is 12.5. The lowest BCUT2D eigenvalue weighted by Crippen LogP contribution is -2.21. The fraction of sp³-hybridized carbons (Fsp3) is 0.462. The molecule has 1 atom stereocenters. The van der Waals surface area contributed by atoms with Gasteiger partial charge in [-0.3, -0.25) is 0 Å². The first kappa shape index (κ1) is 12.0. The van der Waals surface area contributed by atoms with E-state index in [0.29, 0.717) is 17.2 Å². The minimum absolute atomic E-state index is 0.233. The van der Waals surface area contributed by atoms with E-state index >= 15 is 0 Å². The lowest BCUT2D eigenvalue weighted by atomic mass is 10.1. The van der Waals surface area contributed by atoms with Crippen molar-refractivity contribution in [2.24, 2.45) is 0 Å². The average molecular weight is 311 g/mol. The molecule has 0 amide bonds. The topological polar surface area (TPSA) is 61.3 Å². The number of oxazole rings is 1. The maximum absolute atomic E-state index is 5.91. The van der Waals surface area contributed by atoms with E-state index in [-0.39, 0.29) is 6.10 Å². The van der Waals surface area contributed by atoms with Gasteiger partial charge in [0.25, 0.3) is 0 Å². The van der Waals surface area contributed by atoms with Crippen molar-refractivity contribution < 1.29 is 9.15 Å². The Bertz CT molecular complexity index is 561. The van der Waals surface area contributed by atoms with Gasteiger partial charge in [-0.25, -0.2) is 4.98 Å². The molecule has 1 aromatic heterocycles. The lowest BCUT2D eigenvalue weighted by Gasteiger charge is -2.20. The second-order valence-corrected chi connectivity index (χ2v) is 5.56. The van der Waals surface area contributed by atoms with Gasteiger partial charge in [0.05, 0.1) is 18.2 Å². The van der Waals surface area contributed by atoms with Crippen molar-refractivity contribution in [2.45, 2.75) is 31.8 Å². The number of rotatable bonds is 2. The van der Waals surface area contributed by atoms with Crippen LogP contribution in [0.1, 0.15) is 25.2 Å². The molecule has 0 bridgehead atoms. The fourth-order valence-corrected chi connectivity index (χ4v) is 2.78. The predicted molar refractivity (Wildman–Crippen MR) is 73.4 cm³/mol. The highest BCUT2D eigenvalue weighted by molar-refractivity contribution is 9.10. The maximum atomic E-state index is 5.91. The zero-order valence-electron chi connectivity index (χ0n) is 9.99. The van der Waals surface area contributed by atoms with Gasteiger partial charge in [0.15, 0.2) is 11.5 Å². The zero-order valence-corrected chi connectivity index (χ0v) is 11.6. The van der Waals surface area contributed by atoms with Gasteiger partial charge in [-0.2, -0.15) is 0 Å². The minimum atomic E-state index is 0.233. The van der Waals surface area contributed by atoms with E-state index in [4.69, 9.17) is 14.9 Å². The summed E-state index contributed by atoms with van der Waals surface area (Å²) in [7, 11) is 0. The van der Waals surface area contributed by atoms with Crippen molar-refractivity contribution in [3.8, 4) is 0 Å². The third-order valence-corrected chi connectivity index (χ3v) is 3.66. The summed E-state index contributed by atoms with van der Waals surface area (Å²) >= 11 is 3.40. The van der Waals surface area contributed by atoms with Crippen LogP contribution in [0.3, 0.4) is 0 Å². The number of ether oxygens (including phenoxy) is 1. The van der Waals surface area contributed by atoms with E-state index in [1.165, 1.54) is 6.42 Å². The van der Waals surface area contributed by atoms with Crippen molar-refractivity contribution in [1.29, 1.82) is 0 Å². The highest BCUT2D eigenvalue weighted by atomic mass is 79.9. The van der Waals surface area contributed by atoms with Crippen LogP contribution in [0.5, 0.6) is 0 Å². The molecule has 96 valence electrons. The molecule has 1 fully saturated rings. The first-order valence-electron chi connectivity index (χ1n) is 6.18. The Morgan fingerprint density at radius 1 is 1.39 bits per heavy atom. The Labute approximate surface area is 114 Å². The third kappa shape index (κ3) is 2.37. The Morgan fingerprint density at radius 3 is 3.06 bits per heavy atom. The van der Waals surface area contributed by atoms with Crippen molar-refractivity contribution in [1.82, 2.24) is 4.98 Å². The number of benzene rings is 1. The number of halogens is 1. The number of nitrogens with two attached hydrogens (primary N) is 1. The molecule has 1 aromatic carbocycles. The van der Waals surface area contributed by atoms with Gasteiger partial charge in [0.1, 0.15) is 5.52 Å². The van der Waals surface area contributed by atoms with Crippen molar-refractivity contribution in [3.63, 3.8) is 0 Å². The second-order valence-electron chi connectivity index (χ2n) is 4.64. The van der Waals surface area contributed by atoms with Crippen LogP contribution in [0.15, 0.2) is 21.0 Å². The van der Waals surface area contributed by atoms with Gasteiger partial charge in [-0.05, 0) is 31.4 Å². The van der Waals surface area contributed by atoms with Gasteiger partial charge in [-0.1, -0.05) is 15.9 Å². The summed E-state index contributed by atoms with van der Waals surface area (Å²) in [5, 5.41) is 0. The maximum Gasteiger partial charge on any atom is 0.198 e. The van der Waals surface area contributed by atoms with Crippen molar-refractivity contribution >= 4 is 32.7 Å². The number of aromatic nitrogens is 1. The van der Waals surface area contributed by atoms with E-state index in [9.17, 15) is 0 Å². The summed E-state index contributed by atoms with van der Waals surface area (Å²) < 4.78 is 12.3. The van der Waals surface area contributed by atoms with Crippen LogP contribution in [0.2, 0.25) is 0 Å². The van der Waals surface area contributed by atoms with Crippen molar-refractivity contribution in [3.05, 3.63) is 22.5 Å². The van der Waals surface area contributed by atoms with Crippen LogP contribution in [0.25, 0.3) is 11.1 Å². The molecule has 4 nitrogen and oxygen atoms in total. The molecule has 1 saturated heterocycles. The van der Waals surface area contributed by atoms with Gasteiger partial charge in [0.2, 0.25) is 0 Å². The molecule has 3 rings (SSSR count). The quantitative estimate of drug-likeness (QED) is 0.865. The lowest BCUT2D eigenvalue weighted by molar-refractivity contribution is 0.0134. The summed E-state index contributed by atoms with van der Waals surface area (Å²) in [6.45, 7) is 0.846. The number of nitrogen functional groups attached to an aromatic ring is 1. The van der Waals surface area contributed by atoms with Crippen LogP contribution < -0.4 is 5.73 Å². The van der Waals surface area contributed by atoms with Crippen LogP contribution in [-0.4, -0.2) is 17.7 Å². The number of hydrogen-bond donors (Lipinski definition) is 1. The molecule has 1 unspecified atom stereocenters. The summed E-state index contributed by atoms with van der Waals surface area (Å²) in [6, 6.07) is 3.74. The largest absolute Gasteiger partial charge is 0.438 e. The third-order valence-electron chi connectivity index (χ3n) is 3.20. The first-order chi connectivity index (χ1) is 8.72. The molecule has 5 heteroatoms. The minimum Gasteiger partial charge on any atom is -0.438 e. The van der Waals surface area contributed by atoms with E-state index < -0.39 is 0 Å². The Hall–Kier alpha value is -1.07. The van der Waals surface area contributed by atoms with Gasteiger partial charge in [0, 0.05) is 11.1 Å². The summed E-state index contributed by atoms with van der Waals surface area (Å²) in [5.41, 5.74) is 7.99. The number of anilines is 1. The SMILES string of the molecule is Nc1cc(Br)cc2nc(CC3CCCCO3)oc12. The van der Waals surface area contributed by atoms with Gasteiger partial charge < -0.3 is 14.9 Å². The molecular formula is C13H15BrN2O2. The molecule has 2 aromatic rings. The van der Waals surface area contributed by atoms with E-state index in [1.54, 1.807) is 0 Å². The fourth-order valence-electron chi connectivity index (χ4n) is 2.32. The molecule has 1 aliphatic heterocycles. The second kappa shape index (κ2) is 4.90. The Balaban J connectivity index is 1.86. The molecular weight excluding hydrogens is 296 g/mol. The standard InChI is InChI=1S/C13H15BrN2O2/c14-8-5-10(15)13-11(6-8)16-12(18-13)7-9-3-1-2-4-17-9/h5-6,9H,1-4,7,15H2. The van der Waals surface area contributed by atoms with E-state index in [0.717, 1.165) is 35.9 Å². The molecule has 2 heterocycles. The van der Waals surface area contributed by atoms with Crippen molar-refractivity contribution in [2.75, 3.05) is 12.3 Å². The summed E-state index contributed by atoms with van der Waals surface area (Å²) in [6.07, 6.45) is 4.42. The summed E-state index contributed by atoms with van der Waals surface area (Å²) in [4.78, 5) is 4.47. The normalized spacial score (nSPS) is 20.4. The predicted octanol–water partition coefficient (Wildman–Crippen LogP) is 3.28.